The van der Waals surface area contributed by atoms with Crippen molar-refractivity contribution in [2.24, 2.45) is 0 Å². The molecule has 0 unspecified atom stereocenters. The summed E-state index contributed by atoms with van der Waals surface area (Å²) in [7, 11) is 0. The summed E-state index contributed by atoms with van der Waals surface area (Å²) in [5.41, 5.74) is 2.06. The zero-order valence-corrected chi connectivity index (χ0v) is 14.6. The molecule has 0 aliphatic carbocycles. The third-order valence-corrected chi connectivity index (χ3v) is 4.80. The van der Waals surface area contributed by atoms with Gasteiger partial charge in [-0.3, -0.25) is 9.78 Å². The van der Waals surface area contributed by atoms with Gasteiger partial charge in [-0.1, -0.05) is 42.1 Å². The summed E-state index contributed by atoms with van der Waals surface area (Å²) in [4.78, 5) is 15.3. The predicted octanol–water partition coefficient (Wildman–Crippen LogP) is 3.15. The summed E-state index contributed by atoms with van der Waals surface area (Å²) < 4.78 is 1.97. The first-order valence-electron chi connectivity index (χ1n) is 7.92. The fourth-order valence-electron chi connectivity index (χ4n) is 2.38. The zero-order chi connectivity index (χ0) is 17.6. The normalized spacial score (nSPS) is 12.0. The van der Waals surface area contributed by atoms with Crippen molar-refractivity contribution >= 4 is 17.7 Å². The van der Waals surface area contributed by atoms with Gasteiger partial charge in [-0.15, -0.1) is 10.2 Å². The van der Waals surface area contributed by atoms with Crippen LogP contribution in [0.3, 0.4) is 0 Å². The average Bonchev–Trinajstić information content (AvgIpc) is 3.04. The molecule has 1 aromatic carbocycles. The fourth-order valence-corrected chi connectivity index (χ4v) is 3.19. The van der Waals surface area contributed by atoms with Crippen LogP contribution in [0.1, 0.15) is 12.5 Å². The second-order valence-electron chi connectivity index (χ2n) is 5.53. The maximum absolute atomic E-state index is 11.2. The minimum atomic E-state index is -0.870. The molecule has 0 fully saturated rings. The molecule has 3 rings (SSSR count). The van der Waals surface area contributed by atoms with Crippen molar-refractivity contribution in [3.8, 4) is 11.4 Å². The van der Waals surface area contributed by atoms with Crippen LogP contribution in [0.4, 0.5) is 0 Å². The van der Waals surface area contributed by atoms with Gasteiger partial charge in [0.25, 0.3) is 0 Å². The minimum absolute atomic E-state index is 0.596. The number of carbonyl (C=O) groups is 1. The third-order valence-electron chi connectivity index (χ3n) is 3.73. The Labute approximate surface area is 149 Å². The number of carboxylic acid groups (broad SMARTS) is 1. The van der Waals surface area contributed by atoms with E-state index in [0.717, 1.165) is 12.0 Å². The van der Waals surface area contributed by atoms with E-state index in [0.29, 0.717) is 17.5 Å². The molecule has 3 aromatic rings. The van der Waals surface area contributed by atoms with Crippen LogP contribution < -0.4 is 0 Å². The number of pyridine rings is 1. The number of hydrogen-bond donors (Lipinski definition) is 1. The van der Waals surface area contributed by atoms with Gasteiger partial charge in [0, 0.05) is 24.5 Å². The number of thioether (sulfide) groups is 1. The van der Waals surface area contributed by atoms with Crippen LogP contribution in [-0.4, -0.2) is 36.1 Å². The Morgan fingerprint density at radius 1 is 1.20 bits per heavy atom. The molecule has 1 N–H and O–H groups in total. The van der Waals surface area contributed by atoms with Gasteiger partial charge < -0.3 is 9.67 Å². The first-order chi connectivity index (χ1) is 12.1. The van der Waals surface area contributed by atoms with Crippen LogP contribution in [0.25, 0.3) is 11.4 Å². The molecule has 7 heteroatoms. The maximum Gasteiger partial charge on any atom is 0.316 e. The lowest BCUT2D eigenvalue weighted by atomic mass is 10.1. The SMILES string of the molecule is C[C@@H](Sc1nnc(-c2cccnc2)n1CCc1ccccc1)C(=O)O. The molecule has 2 aromatic heterocycles. The van der Waals surface area contributed by atoms with E-state index in [1.165, 1.54) is 17.3 Å². The monoisotopic (exact) mass is 354 g/mol. The third kappa shape index (κ3) is 4.24. The van der Waals surface area contributed by atoms with E-state index in [4.69, 9.17) is 0 Å². The van der Waals surface area contributed by atoms with Crippen molar-refractivity contribution in [1.29, 1.82) is 0 Å². The average molecular weight is 354 g/mol. The Morgan fingerprint density at radius 3 is 2.68 bits per heavy atom. The number of hydrogen-bond acceptors (Lipinski definition) is 5. The van der Waals surface area contributed by atoms with E-state index in [2.05, 4.69) is 27.3 Å². The molecule has 0 aliphatic rings. The summed E-state index contributed by atoms with van der Waals surface area (Å²) in [6, 6.07) is 13.9. The van der Waals surface area contributed by atoms with E-state index < -0.39 is 11.2 Å². The highest BCUT2D eigenvalue weighted by molar-refractivity contribution is 8.00. The van der Waals surface area contributed by atoms with Crippen molar-refractivity contribution in [2.75, 3.05) is 0 Å². The van der Waals surface area contributed by atoms with Gasteiger partial charge in [0.1, 0.15) is 5.25 Å². The Kier molecular flexibility index (Phi) is 5.45. The smallest absolute Gasteiger partial charge is 0.316 e. The molecule has 0 saturated carbocycles. The first kappa shape index (κ1) is 17.2. The molecule has 0 bridgehead atoms. The van der Waals surface area contributed by atoms with Crippen molar-refractivity contribution < 1.29 is 9.90 Å². The number of carboxylic acids is 1. The summed E-state index contributed by atoms with van der Waals surface area (Å²) >= 11 is 1.20. The molecule has 0 aliphatic heterocycles. The highest BCUT2D eigenvalue weighted by Gasteiger charge is 2.20. The molecule has 0 saturated heterocycles. The van der Waals surface area contributed by atoms with Crippen molar-refractivity contribution in [1.82, 2.24) is 19.7 Å². The highest BCUT2D eigenvalue weighted by Crippen LogP contribution is 2.27. The van der Waals surface area contributed by atoms with Crippen molar-refractivity contribution in [2.45, 2.75) is 30.3 Å². The van der Waals surface area contributed by atoms with Crippen LogP contribution in [0.15, 0.2) is 60.0 Å². The van der Waals surface area contributed by atoms with Crippen molar-refractivity contribution in [3.63, 3.8) is 0 Å². The predicted molar refractivity (Wildman–Crippen MR) is 96.4 cm³/mol. The molecule has 128 valence electrons. The Bertz CT molecular complexity index is 837. The Morgan fingerprint density at radius 2 is 2.00 bits per heavy atom. The van der Waals surface area contributed by atoms with Gasteiger partial charge in [0.15, 0.2) is 11.0 Å². The molecule has 25 heavy (non-hydrogen) atoms. The second-order valence-corrected chi connectivity index (χ2v) is 6.84. The zero-order valence-electron chi connectivity index (χ0n) is 13.7. The quantitative estimate of drug-likeness (QED) is 0.657. The second kappa shape index (κ2) is 7.94. The molecule has 0 spiro atoms. The molecule has 1 atom stereocenters. The van der Waals surface area contributed by atoms with Gasteiger partial charge >= 0.3 is 5.97 Å². The van der Waals surface area contributed by atoms with Gasteiger partial charge in [-0.2, -0.15) is 0 Å². The highest BCUT2D eigenvalue weighted by atomic mass is 32.2. The lowest BCUT2D eigenvalue weighted by Crippen LogP contribution is -2.13. The van der Waals surface area contributed by atoms with E-state index in [1.54, 1.807) is 19.3 Å². The fraction of sp³-hybridized carbons (Fsp3) is 0.222. The number of benzene rings is 1. The van der Waals surface area contributed by atoms with Crippen LogP contribution in [0.2, 0.25) is 0 Å². The lowest BCUT2D eigenvalue weighted by Gasteiger charge is -2.11. The Balaban J connectivity index is 1.90. The van der Waals surface area contributed by atoms with Gasteiger partial charge in [-0.05, 0) is 31.0 Å². The number of aliphatic carboxylic acids is 1. The van der Waals surface area contributed by atoms with Crippen molar-refractivity contribution in [3.05, 3.63) is 60.4 Å². The van der Waals surface area contributed by atoms with Crippen LogP contribution in [0.5, 0.6) is 0 Å². The van der Waals surface area contributed by atoms with Crippen LogP contribution in [-0.2, 0) is 17.8 Å². The summed E-state index contributed by atoms with van der Waals surface area (Å²) in [5, 5.41) is 17.7. The topological polar surface area (TPSA) is 80.9 Å². The minimum Gasteiger partial charge on any atom is -0.480 e. The van der Waals surface area contributed by atoms with Gasteiger partial charge in [-0.25, -0.2) is 0 Å². The number of nitrogens with zero attached hydrogens (tertiary/aromatic N) is 4. The number of aryl methyl sites for hydroxylation is 1. The molecule has 6 nitrogen and oxygen atoms in total. The van der Waals surface area contributed by atoms with E-state index >= 15 is 0 Å². The molecular weight excluding hydrogens is 336 g/mol. The van der Waals surface area contributed by atoms with Gasteiger partial charge in [0.05, 0.1) is 0 Å². The first-order valence-corrected chi connectivity index (χ1v) is 8.80. The van der Waals surface area contributed by atoms with Gasteiger partial charge in [0.2, 0.25) is 0 Å². The number of aromatic nitrogens is 4. The maximum atomic E-state index is 11.2. The Hall–Kier alpha value is -2.67. The van der Waals surface area contributed by atoms with Crippen LogP contribution >= 0.6 is 11.8 Å². The van der Waals surface area contributed by atoms with Crippen LogP contribution in [0, 0.1) is 0 Å². The van der Waals surface area contributed by atoms with E-state index in [9.17, 15) is 9.90 Å². The number of rotatable bonds is 7. The molecule has 0 radical (unpaired) electrons. The lowest BCUT2D eigenvalue weighted by molar-refractivity contribution is -0.136. The summed E-state index contributed by atoms with van der Waals surface area (Å²) in [5.74, 6) is -0.172. The summed E-state index contributed by atoms with van der Waals surface area (Å²) in [6.07, 6.45) is 4.25. The molecule has 2 heterocycles. The molecular formula is C18H18N4O2S. The largest absolute Gasteiger partial charge is 0.480 e. The molecule has 0 amide bonds. The standard InChI is InChI=1S/C18H18N4O2S/c1-13(17(23)24)25-18-21-20-16(15-8-5-10-19-12-15)22(18)11-9-14-6-3-2-4-7-14/h2-8,10,12-13H,9,11H2,1H3,(H,23,24)/t13-/m1/s1. The van der Waals surface area contributed by atoms with E-state index in [-0.39, 0.29) is 0 Å². The summed E-state index contributed by atoms with van der Waals surface area (Å²) in [6.45, 7) is 2.31. The van der Waals surface area contributed by atoms with E-state index in [1.807, 2.05) is 34.9 Å².